The third-order valence-electron chi connectivity index (χ3n) is 3.34. The fraction of sp³-hybridized carbons (Fsp3) is 0.429. The van der Waals surface area contributed by atoms with Gasteiger partial charge in [0.2, 0.25) is 0 Å². The van der Waals surface area contributed by atoms with E-state index >= 15 is 0 Å². The number of hydrogen-bond acceptors (Lipinski definition) is 5. The van der Waals surface area contributed by atoms with Gasteiger partial charge in [0.15, 0.2) is 16.4 Å². The summed E-state index contributed by atoms with van der Waals surface area (Å²) in [5, 5.41) is 2.58. The molecular formula is C14H15ClFNO5S. The van der Waals surface area contributed by atoms with Crippen molar-refractivity contribution in [1.82, 2.24) is 5.32 Å². The van der Waals surface area contributed by atoms with Gasteiger partial charge >= 0.3 is 5.97 Å². The second-order valence-corrected chi connectivity index (χ2v) is 7.84. The minimum atomic E-state index is -3.10. The molecule has 6 nitrogen and oxygen atoms in total. The SMILES string of the molecule is O=C(COC(=O)Cc1c(F)cccc1Cl)N[C@H]1CCS(=O)(=O)C1. The van der Waals surface area contributed by atoms with E-state index in [1.165, 1.54) is 18.2 Å². The van der Waals surface area contributed by atoms with E-state index in [1.54, 1.807) is 0 Å². The fourth-order valence-electron chi connectivity index (χ4n) is 2.22. The minimum absolute atomic E-state index is 0.00135. The number of nitrogens with one attached hydrogen (secondary N) is 1. The summed E-state index contributed by atoms with van der Waals surface area (Å²) in [6, 6.07) is 3.56. The van der Waals surface area contributed by atoms with E-state index in [2.05, 4.69) is 5.32 Å². The smallest absolute Gasteiger partial charge is 0.310 e. The Kier molecular flexibility index (Phi) is 5.59. The maximum Gasteiger partial charge on any atom is 0.310 e. The Bertz CT molecular complexity index is 702. The van der Waals surface area contributed by atoms with Crippen LogP contribution in [0.15, 0.2) is 18.2 Å². The molecule has 1 aromatic carbocycles. The first-order valence-electron chi connectivity index (χ1n) is 6.85. The summed E-state index contributed by atoms with van der Waals surface area (Å²) < 4.78 is 40.8. The van der Waals surface area contributed by atoms with E-state index in [0.29, 0.717) is 6.42 Å². The Balaban J connectivity index is 1.79. The average Bonchev–Trinajstić information content (AvgIpc) is 2.80. The van der Waals surface area contributed by atoms with Crippen molar-refractivity contribution in [2.45, 2.75) is 18.9 Å². The van der Waals surface area contributed by atoms with Gasteiger partial charge in [0.05, 0.1) is 17.9 Å². The number of ether oxygens (including phenoxy) is 1. The highest BCUT2D eigenvalue weighted by atomic mass is 35.5. The zero-order valence-corrected chi connectivity index (χ0v) is 13.6. The summed E-state index contributed by atoms with van der Waals surface area (Å²) in [6.45, 7) is -0.554. The standard InChI is InChI=1S/C14H15ClFNO5S/c15-11-2-1-3-12(16)10(11)6-14(19)22-7-13(18)17-9-4-5-23(20,21)8-9/h1-3,9H,4-8H2,(H,17,18)/t9-/m0/s1. The van der Waals surface area contributed by atoms with Crippen LogP contribution in [0.4, 0.5) is 4.39 Å². The Hall–Kier alpha value is -1.67. The van der Waals surface area contributed by atoms with Crippen molar-refractivity contribution < 1.29 is 27.1 Å². The normalized spacial score (nSPS) is 19.3. The van der Waals surface area contributed by atoms with Crippen molar-refractivity contribution >= 4 is 33.3 Å². The zero-order chi connectivity index (χ0) is 17.0. The van der Waals surface area contributed by atoms with Crippen molar-refractivity contribution in [2.24, 2.45) is 0 Å². The zero-order valence-electron chi connectivity index (χ0n) is 12.1. The van der Waals surface area contributed by atoms with Gasteiger partial charge < -0.3 is 10.1 Å². The summed E-state index contributed by atoms with van der Waals surface area (Å²) >= 11 is 5.79. The number of carbonyl (C=O) groups excluding carboxylic acids is 2. The molecule has 1 N–H and O–H groups in total. The Labute approximate surface area is 137 Å². The van der Waals surface area contributed by atoms with Crippen molar-refractivity contribution in [3.8, 4) is 0 Å². The Morgan fingerprint density at radius 1 is 1.39 bits per heavy atom. The minimum Gasteiger partial charge on any atom is -0.455 e. The first-order chi connectivity index (χ1) is 10.8. The molecule has 1 fully saturated rings. The van der Waals surface area contributed by atoms with Crippen LogP contribution in [0, 0.1) is 5.82 Å². The van der Waals surface area contributed by atoms with Gasteiger partial charge in [-0.15, -0.1) is 0 Å². The van der Waals surface area contributed by atoms with E-state index < -0.39 is 46.6 Å². The van der Waals surface area contributed by atoms with E-state index in [4.69, 9.17) is 16.3 Å². The molecule has 0 aliphatic carbocycles. The van der Waals surface area contributed by atoms with Crippen molar-refractivity contribution in [2.75, 3.05) is 18.1 Å². The second-order valence-electron chi connectivity index (χ2n) is 5.21. The van der Waals surface area contributed by atoms with Gasteiger partial charge in [0.1, 0.15) is 5.82 Å². The Morgan fingerprint density at radius 2 is 2.13 bits per heavy atom. The number of carbonyl (C=O) groups is 2. The van der Waals surface area contributed by atoms with Gasteiger partial charge in [-0.25, -0.2) is 12.8 Å². The molecule has 0 aromatic heterocycles. The van der Waals surface area contributed by atoms with Gasteiger partial charge in [0.25, 0.3) is 5.91 Å². The first kappa shape index (κ1) is 17.7. The largest absolute Gasteiger partial charge is 0.455 e. The van der Waals surface area contributed by atoms with Crippen LogP contribution in [0.5, 0.6) is 0 Å². The maximum atomic E-state index is 13.5. The molecular weight excluding hydrogens is 349 g/mol. The average molecular weight is 364 g/mol. The molecule has 0 radical (unpaired) electrons. The van der Waals surface area contributed by atoms with E-state index in [1.807, 2.05) is 0 Å². The molecule has 1 aromatic rings. The lowest BCUT2D eigenvalue weighted by atomic mass is 10.1. The lowest BCUT2D eigenvalue weighted by Crippen LogP contribution is -2.38. The van der Waals surface area contributed by atoms with Gasteiger partial charge in [-0.3, -0.25) is 9.59 Å². The quantitative estimate of drug-likeness (QED) is 0.784. The predicted molar refractivity (Wildman–Crippen MR) is 81.3 cm³/mol. The summed E-state index contributed by atoms with van der Waals surface area (Å²) in [5.74, 6) is -2.11. The molecule has 1 amide bonds. The molecule has 0 spiro atoms. The van der Waals surface area contributed by atoms with Gasteiger partial charge in [-0.1, -0.05) is 17.7 Å². The molecule has 126 valence electrons. The highest BCUT2D eigenvalue weighted by molar-refractivity contribution is 7.91. The van der Waals surface area contributed by atoms with E-state index in [-0.39, 0.29) is 22.1 Å². The van der Waals surface area contributed by atoms with Crippen LogP contribution in [0.1, 0.15) is 12.0 Å². The van der Waals surface area contributed by atoms with Gasteiger partial charge in [0, 0.05) is 16.6 Å². The van der Waals surface area contributed by atoms with Gasteiger partial charge in [-0.2, -0.15) is 0 Å². The summed E-state index contributed by atoms with van der Waals surface area (Å²) in [4.78, 5) is 23.3. The molecule has 1 aliphatic heterocycles. The third-order valence-corrected chi connectivity index (χ3v) is 5.47. The fourth-order valence-corrected chi connectivity index (χ4v) is 4.12. The predicted octanol–water partition coefficient (Wildman–Crippen LogP) is 0.868. The number of hydrogen-bond donors (Lipinski definition) is 1. The second kappa shape index (κ2) is 7.27. The molecule has 0 saturated carbocycles. The Morgan fingerprint density at radius 3 is 2.74 bits per heavy atom. The van der Waals surface area contributed by atoms with Crippen LogP contribution in [0.2, 0.25) is 5.02 Å². The molecule has 1 saturated heterocycles. The van der Waals surface area contributed by atoms with Crippen LogP contribution in [0.25, 0.3) is 0 Å². The topological polar surface area (TPSA) is 89.5 Å². The lowest BCUT2D eigenvalue weighted by Gasteiger charge is -2.11. The molecule has 0 bridgehead atoms. The van der Waals surface area contributed by atoms with Crippen LogP contribution in [0.3, 0.4) is 0 Å². The van der Waals surface area contributed by atoms with Crippen LogP contribution in [-0.2, 0) is 30.6 Å². The number of benzene rings is 1. The number of amides is 1. The highest BCUT2D eigenvalue weighted by Gasteiger charge is 2.29. The third kappa shape index (κ3) is 5.18. The number of sulfone groups is 1. The first-order valence-corrected chi connectivity index (χ1v) is 9.05. The van der Waals surface area contributed by atoms with Crippen molar-refractivity contribution in [3.63, 3.8) is 0 Å². The molecule has 0 unspecified atom stereocenters. The molecule has 1 atom stereocenters. The van der Waals surface area contributed by atoms with Crippen LogP contribution in [-0.4, -0.2) is 44.4 Å². The molecule has 9 heteroatoms. The summed E-state index contributed by atoms with van der Waals surface area (Å²) in [5.41, 5.74) is 0.00135. The van der Waals surface area contributed by atoms with Crippen LogP contribution < -0.4 is 5.32 Å². The maximum absolute atomic E-state index is 13.5. The van der Waals surface area contributed by atoms with Crippen LogP contribution >= 0.6 is 11.6 Å². The number of esters is 1. The number of halogens is 2. The van der Waals surface area contributed by atoms with E-state index in [9.17, 15) is 22.4 Å². The van der Waals surface area contributed by atoms with Gasteiger partial charge in [-0.05, 0) is 18.6 Å². The molecule has 2 rings (SSSR count). The van der Waals surface area contributed by atoms with Crippen molar-refractivity contribution in [1.29, 1.82) is 0 Å². The highest BCUT2D eigenvalue weighted by Crippen LogP contribution is 2.19. The lowest BCUT2D eigenvalue weighted by molar-refractivity contribution is -0.148. The number of rotatable bonds is 5. The summed E-state index contributed by atoms with van der Waals surface area (Å²) in [6.07, 6.45) is -0.0521. The van der Waals surface area contributed by atoms with Crippen molar-refractivity contribution in [3.05, 3.63) is 34.6 Å². The summed E-state index contributed by atoms with van der Waals surface area (Å²) in [7, 11) is -3.10. The monoisotopic (exact) mass is 363 g/mol. The van der Waals surface area contributed by atoms with E-state index in [0.717, 1.165) is 0 Å². The molecule has 1 heterocycles. The molecule has 23 heavy (non-hydrogen) atoms. The molecule has 1 aliphatic rings.